The molecule has 0 aliphatic rings. The normalized spacial score (nSPS) is 13.0. The van der Waals surface area contributed by atoms with E-state index in [1.165, 1.54) is 12.0 Å². The van der Waals surface area contributed by atoms with Gasteiger partial charge < -0.3 is 24.7 Å². The van der Waals surface area contributed by atoms with E-state index < -0.39 is 53.1 Å². The Kier molecular flexibility index (Phi) is 13.8. The fourth-order valence-electron chi connectivity index (χ4n) is 7.43. The molecule has 0 radical (unpaired) electrons. The highest BCUT2D eigenvalue weighted by Gasteiger charge is 2.39. The number of nitrogens with zero attached hydrogens (tertiary/aromatic N) is 3. The first-order valence-electron chi connectivity index (χ1n) is 20.3. The number of hydrogen-bond acceptors (Lipinski definition) is 7. The monoisotopic (exact) mass is 819 g/mol. The van der Waals surface area contributed by atoms with Gasteiger partial charge in [0.1, 0.15) is 29.3 Å². The standard InChI is InChI=1S/C50H53N5O6/c1-35-27-29-42(30-28-35)55(48(59)61-49(3,4)5)36(2)45(56)52-43(46(57)53-44(47(58)60-6)31-37-19-11-7-12-20-37)32-41-33-54(34-51-41)50(38-21-13-8-14-22-38,39-23-15-9-16-24-39)40-25-17-10-18-26-40/h7-30,33-34,36,43-44H,31-32H2,1-6H3,(H,52,56)(H,53,57)/t36-,43-,44-/m0/s1. The van der Waals surface area contributed by atoms with Crippen LogP contribution in [0.25, 0.3) is 0 Å². The van der Waals surface area contributed by atoms with Crippen LogP contribution in [0.3, 0.4) is 0 Å². The fraction of sp³-hybridized carbons (Fsp3) is 0.260. The molecule has 1 heterocycles. The van der Waals surface area contributed by atoms with Crippen LogP contribution in [0.2, 0.25) is 0 Å². The fourth-order valence-corrected chi connectivity index (χ4v) is 7.43. The van der Waals surface area contributed by atoms with Gasteiger partial charge in [-0.25, -0.2) is 14.6 Å². The summed E-state index contributed by atoms with van der Waals surface area (Å²) in [5.41, 5.74) is 3.90. The minimum absolute atomic E-state index is 0.0675. The number of benzene rings is 5. The molecule has 5 aromatic carbocycles. The predicted molar refractivity (Wildman–Crippen MR) is 236 cm³/mol. The van der Waals surface area contributed by atoms with Crippen LogP contribution < -0.4 is 15.5 Å². The molecule has 0 bridgehead atoms. The second-order valence-electron chi connectivity index (χ2n) is 16.0. The molecule has 11 heteroatoms. The van der Waals surface area contributed by atoms with E-state index >= 15 is 0 Å². The first-order chi connectivity index (χ1) is 29.3. The molecular formula is C50H53N5O6. The minimum atomic E-state index is -1.25. The lowest BCUT2D eigenvalue weighted by Gasteiger charge is -2.37. The smallest absolute Gasteiger partial charge is 0.415 e. The van der Waals surface area contributed by atoms with Crippen LogP contribution in [0.1, 0.15) is 61.2 Å². The van der Waals surface area contributed by atoms with Crippen molar-refractivity contribution in [3.63, 3.8) is 0 Å². The number of imidazole rings is 1. The summed E-state index contributed by atoms with van der Waals surface area (Å²) in [5.74, 6) is -1.91. The first-order valence-corrected chi connectivity index (χ1v) is 20.3. The molecule has 61 heavy (non-hydrogen) atoms. The Balaban J connectivity index is 1.40. The van der Waals surface area contributed by atoms with Crippen LogP contribution in [-0.4, -0.2) is 64.3 Å². The summed E-state index contributed by atoms with van der Waals surface area (Å²) in [7, 11) is 1.26. The van der Waals surface area contributed by atoms with Gasteiger partial charge in [0.2, 0.25) is 11.8 Å². The van der Waals surface area contributed by atoms with E-state index in [4.69, 9.17) is 14.5 Å². The number of aryl methyl sites for hydroxylation is 1. The molecule has 0 aliphatic heterocycles. The Labute approximate surface area is 357 Å². The number of carbonyl (C=O) groups excluding carboxylic acids is 4. The topological polar surface area (TPSA) is 132 Å². The van der Waals surface area contributed by atoms with Crippen molar-refractivity contribution < 1.29 is 28.7 Å². The summed E-state index contributed by atoms with van der Waals surface area (Å²) in [6, 6.07) is 43.3. The van der Waals surface area contributed by atoms with Crippen LogP contribution >= 0.6 is 0 Å². The molecule has 314 valence electrons. The number of anilines is 1. The van der Waals surface area contributed by atoms with Gasteiger partial charge >= 0.3 is 12.1 Å². The molecule has 0 saturated heterocycles. The summed E-state index contributed by atoms with van der Waals surface area (Å²) < 4.78 is 12.9. The van der Waals surface area contributed by atoms with Gasteiger partial charge in [0.15, 0.2) is 0 Å². The summed E-state index contributed by atoms with van der Waals surface area (Å²) in [6.45, 7) is 8.74. The summed E-state index contributed by atoms with van der Waals surface area (Å²) in [4.78, 5) is 62.0. The zero-order valence-electron chi connectivity index (χ0n) is 35.4. The van der Waals surface area contributed by atoms with Crippen molar-refractivity contribution >= 4 is 29.6 Å². The van der Waals surface area contributed by atoms with Crippen molar-refractivity contribution in [3.05, 3.63) is 192 Å². The number of aromatic nitrogens is 2. The Hall–Kier alpha value is -7.01. The summed E-state index contributed by atoms with van der Waals surface area (Å²) in [6.07, 6.45) is 2.96. The molecule has 0 aliphatic carbocycles. The number of methoxy groups -OCH3 is 1. The van der Waals surface area contributed by atoms with Crippen LogP contribution in [-0.2, 0) is 42.2 Å². The van der Waals surface area contributed by atoms with Gasteiger partial charge in [-0.3, -0.25) is 14.5 Å². The SMILES string of the molecule is COC(=O)[C@H](Cc1ccccc1)NC(=O)[C@H](Cc1cn(C(c2ccccc2)(c2ccccc2)c2ccccc2)cn1)NC(=O)[C@H](C)N(C(=O)OC(C)(C)C)c1ccc(C)cc1. The van der Waals surface area contributed by atoms with E-state index in [1.807, 2.05) is 115 Å². The van der Waals surface area contributed by atoms with Crippen molar-refractivity contribution in [1.29, 1.82) is 0 Å². The van der Waals surface area contributed by atoms with E-state index in [-0.39, 0.29) is 12.8 Å². The van der Waals surface area contributed by atoms with E-state index in [9.17, 15) is 19.2 Å². The van der Waals surface area contributed by atoms with Gasteiger partial charge in [-0.05, 0) is 69.0 Å². The van der Waals surface area contributed by atoms with Crippen molar-refractivity contribution in [3.8, 4) is 0 Å². The highest BCUT2D eigenvalue weighted by Crippen LogP contribution is 2.41. The number of amides is 3. The summed E-state index contributed by atoms with van der Waals surface area (Å²) >= 11 is 0. The van der Waals surface area contributed by atoms with Crippen molar-refractivity contribution in [2.45, 2.75) is 76.7 Å². The number of carbonyl (C=O) groups is 4. The minimum Gasteiger partial charge on any atom is -0.467 e. The number of hydrogen-bond donors (Lipinski definition) is 2. The average Bonchev–Trinajstić information content (AvgIpc) is 3.73. The first kappa shape index (κ1) is 43.6. The molecule has 1 aromatic heterocycles. The van der Waals surface area contributed by atoms with E-state index in [0.717, 1.165) is 27.8 Å². The van der Waals surface area contributed by atoms with Gasteiger partial charge in [0.25, 0.3) is 0 Å². The molecule has 3 amide bonds. The maximum atomic E-state index is 14.5. The molecular weight excluding hydrogens is 767 g/mol. The number of nitrogens with one attached hydrogen (secondary N) is 2. The molecule has 6 rings (SSSR count). The lowest BCUT2D eigenvalue weighted by atomic mass is 9.77. The van der Waals surface area contributed by atoms with Crippen LogP contribution in [0.15, 0.2) is 158 Å². The highest BCUT2D eigenvalue weighted by atomic mass is 16.6. The Morgan fingerprint density at radius 1 is 0.672 bits per heavy atom. The second kappa shape index (κ2) is 19.4. The lowest BCUT2D eigenvalue weighted by Crippen LogP contribution is -2.57. The second-order valence-corrected chi connectivity index (χ2v) is 16.0. The van der Waals surface area contributed by atoms with E-state index in [0.29, 0.717) is 11.4 Å². The molecule has 0 unspecified atom stereocenters. The van der Waals surface area contributed by atoms with Crippen LogP contribution in [0, 0.1) is 6.92 Å². The molecule has 0 spiro atoms. The molecule has 0 fully saturated rings. The average molecular weight is 820 g/mol. The third-order valence-corrected chi connectivity index (χ3v) is 10.4. The maximum Gasteiger partial charge on any atom is 0.415 e. The molecule has 0 saturated carbocycles. The number of esters is 1. The van der Waals surface area contributed by atoms with Gasteiger partial charge in [-0.15, -0.1) is 0 Å². The van der Waals surface area contributed by atoms with Gasteiger partial charge in [0, 0.05) is 24.7 Å². The number of rotatable bonds is 15. The van der Waals surface area contributed by atoms with E-state index in [1.54, 1.807) is 46.2 Å². The molecule has 3 atom stereocenters. The third-order valence-electron chi connectivity index (χ3n) is 10.4. The molecule has 6 aromatic rings. The van der Waals surface area contributed by atoms with Crippen molar-refractivity contribution in [1.82, 2.24) is 20.2 Å². The zero-order chi connectivity index (χ0) is 43.6. The maximum absolute atomic E-state index is 14.5. The summed E-state index contributed by atoms with van der Waals surface area (Å²) in [5, 5.41) is 5.76. The Bertz CT molecular complexity index is 2280. The predicted octanol–water partition coefficient (Wildman–Crippen LogP) is 7.79. The zero-order valence-corrected chi connectivity index (χ0v) is 35.4. The quantitative estimate of drug-likeness (QED) is 0.0799. The Morgan fingerprint density at radius 3 is 1.66 bits per heavy atom. The lowest BCUT2D eigenvalue weighted by molar-refractivity contribution is -0.145. The molecule has 2 N–H and O–H groups in total. The highest BCUT2D eigenvalue weighted by molar-refractivity contribution is 5.99. The third kappa shape index (κ3) is 10.4. The van der Waals surface area contributed by atoms with Crippen molar-refractivity contribution in [2.24, 2.45) is 0 Å². The van der Waals surface area contributed by atoms with Crippen molar-refractivity contribution in [2.75, 3.05) is 12.0 Å². The number of ether oxygens (including phenoxy) is 2. The van der Waals surface area contributed by atoms with Gasteiger partial charge in [-0.1, -0.05) is 139 Å². The van der Waals surface area contributed by atoms with Crippen LogP contribution in [0.4, 0.5) is 10.5 Å². The van der Waals surface area contributed by atoms with Gasteiger partial charge in [0.05, 0.1) is 19.1 Å². The largest absolute Gasteiger partial charge is 0.467 e. The van der Waals surface area contributed by atoms with Crippen LogP contribution in [0.5, 0.6) is 0 Å². The van der Waals surface area contributed by atoms with Gasteiger partial charge in [-0.2, -0.15) is 0 Å². The Morgan fingerprint density at radius 2 is 1.16 bits per heavy atom. The van der Waals surface area contributed by atoms with E-state index in [2.05, 4.69) is 47.0 Å². The molecule has 11 nitrogen and oxygen atoms in total.